The van der Waals surface area contributed by atoms with E-state index in [9.17, 15) is 9.90 Å². The topological polar surface area (TPSA) is 75.8 Å². The number of hydrogen-bond acceptors (Lipinski definition) is 5. The summed E-state index contributed by atoms with van der Waals surface area (Å²) in [6.07, 6.45) is 0.319. The Balaban J connectivity index is 2.73. The van der Waals surface area contributed by atoms with E-state index in [-0.39, 0.29) is 0 Å². The first-order valence-electron chi connectivity index (χ1n) is 5.55. The number of carbonyl (C=O) groups excluding carboxylic acids is 1. The summed E-state index contributed by atoms with van der Waals surface area (Å²) in [7, 11) is 1.91. The van der Waals surface area contributed by atoms with Crippen molar-refractivity contribution in [2.45, 2.75) is 44.4 Å². The first kappa shape index (κ1) is 13.4. The highest BCUT2D eigenvalue weighted by molar-refractivity contribution is 5.81. The fourth-order valence-electron chi connectivity index (χ4n) is 1.74. The maximum Gasteiger partial charge on any atom is 0.340 e. The second-order valence-electron chi connectivity index (χ2n) is 5.54. The molecule has 0 aliphatic carbocycles. The van der Waals surface area contributed by atoms with Crippen molar-refractivity contribution < 1.29 is 14.6 Å². The highest BCUT2D eigenvalue weighted by Crippen LogP contribution is 2.24. The largest absolute Gasteiger partial charge is 0.458 e. The SMILES string of the molecule is CN1CCC(O)(C(=O)OC(C)(C)C)C(N)C1. The number of nitrogens with zero attached hydrogens (tertiary/aromatic N) is 1. The molecule has 0 aromatic rings. The van der Waals surface area contributed by atoms with Crippen molar-refractivity contribution in [1.29, 1.82) is 0 Å². The molecule has 16 heavy (non-hydrogen) atoms. The average Bonchev–Trinajstić information content (AvgIpc) is 2.09. The van der Waals surface area contributed by atoms with Gasteiger partial charge in [0.25, 0.3) is 0 Å². The number of aliphatic hydroxyl groups is 1. The van der Waals surface area contributed by atoms with Gasteiger partial charge in [-0.2, -0.15) is 0 Å². The molecule has 0 aromatic carbocycles. The van der Waals surface area contributed by atoms with Crippen molar-refractivity contribution in [1.82, 2.24) is 4.90 Å². The van der Waals surface area contributed by atoms with Gasteiger partial charge < -0.3 is 20.5 Å². The van der Waals surface area contributed by atoms with E-state index in [1.807, 2.05) is 11.9 Å². The third-order valence-corrected chi connectivity index (χ3v) is 2.75. The van der Waals surface area contributed by atoms with Gasteiger partial charge >= 0.3 is 5.97 Å². The van der Waals surface area contributed by atoms with Gasteiger partial charge in [-0.1, -0.05) is 0 Å². The van der Waals surface area contributed by atoms with Gasteiger partial charge in [0.05, 0.1) is 6.04 Å². The van der Waals surface area contributed by atoms with Crippen LogP contribution >= 0.6 is 0 Å². The molecule has 1 aliphatic rings. The Morgan fingerprint density at radius 3 is 2.56 bits per heavy atom. The van der Waals surface area contributed by atoms with Gasteiger partial charge in [0, 0.05) is 19.5 Å². The third kappa shape index (κ3) is 2.93. The molecule has 1 fully saturated rings. The van der Waals surface area contributed by atoms with Crippen molar-refractivity contribution in [3.05, 3.63) is 0 Å². The Morgan fingerprint density at radius 2 is 2.12 bits per heavy atom. The number of ether oxygens (including phenoxy) is 1. The number of piperidine rings is 1. The van der Waals surface area contributed by atoms with Gasteiger partial charge in [0.15, 0.2) is 5.60 Å². The van der Waals surface area contributed by atoms with Gasteiger partial charge in [0.2, 0.25) is 0 Å². The standard InChI is InChI=1S/C11H22N2O3/c1-10(2,3)16-9(14)11(15)5-6-13(4)7-8(11)12/h8,15H,5-7,12H2,1-4H3. The molecule has 0 radical (unpaired) electrons. The fourth-order valence-corrected chi connectivity index (χ4v) is 1.74. The molecule has 1 rings (SSSR count). The lowest BCUT2D eigenvalue weighted by molar-refractivity contribution is -0.183. The highest BCUT2D eigenvalue weighted by Gasteiger charge is 2.47. The smallest absolute Gasteiger partial charge is 0.340 e. The average molecular weight is 230 g/mol. The molecule has 5 heteroatoms. The predicted octanol–water partition coefficient (Wildman–Crippen LogP) is -0.278. The number of rotatable bonds is 1. The zero-order chi connectivity index (χ0) is 12.6. The number of esters is 1. The number of likely N-dealkylation sites (tertiary alicyclic amines) is 1. The Hall–Kier alpha value is -0.650. The summed E-state index contributed by atoms with van der Waals surface area (Å²) in [5.41, 5.74) is 3.69. The van der Waals surface area contributed by atoms with Gasteiger partial charge in [0.1, 0.15) is 5.60 Å². The minimum Gasteiger partial charge on any atom is -0.458 e. The molecule has 1 heterocycles. The van der Waals surface area contributed by atoms with Crippen LogP contribution in [-0.4, -0.2) is 53.4 Å². The van der Waals surface area contributed by atoms with Gasteiger partial charge in [-0.25, -0.2) is 4.79 Å². The summed E-state index contributed by atoms with van der Waals surface area (Å²) in [5, 5.41) is 10.3. The first-order valence-corrected chi connectivity index (χ1v) is 5.55. The van der Waals surface area contributed by atoms with E-state index in [4.69, 9.17) is 10.5 Å². The Bertz CT molecular complexity index is 275. The summed E-state index contributed by atoms with van der Waals surface area (Å²) in [5.74, 6) is -0.611. The normalized spacial score (nSPS) is 32.5. The molecule has 5 nitrogen and oxygen atoms in total. The zero-order valence-electron chi connectivity index (χ0n) is 10.5. The van der Waals surface area contributed by atoms with Crippen LogP contribution < -0.4 is 5.73 Å². The summed E-state index contributed by atoms with van der Waals surface area (Å²) in [4.78, 5) is 13.9. The van der Waals surface area contributed by atoms with Crippen LogP contribution in [0.2, 0.25) is 0 Å². The lowest BCUT2D eigenvalue weighted by Crippen LogP contribution is -2.63. The summed E-state index contributed by atoms with van der Waals surface area (Å²) in [6.45, 7) is 6.46. The van der Waals surface area contributed by atoms with Crippen molar-refractivity contribution in [2.75, 3.05) is 20.1 Å². The third-order valence-electron chi connectivity index (χ3n) is 2.75. The van der Waals surface area contributed by atoms with Crippen LogP contribution in [0.3, 0.4) is 0 Å². The molecule has 0 aromatic heterocycles. The molecule has 3 N–H and O–H groups in total. The summed E-state index contributed by atoms with van der Waals surface area (Å²) in [6, 6.07) is -0.596. The predicted molar refractivity (Wildman–Crippen MR) is 60.9 cm³/mol. The first-order chi connectivity index (χ1) is 7.15. The fraction of sp³-hybridized carbons (Fsp3) is 0.909. The van der Waals surface area contributed by atoms with Crippen LogP contribution in [0.4, 0.5) is 0 Å². The molecule has 0 saturated carbocycles. The molecule has 0 amide bonds. The maximum absolute atomic E-state index is 11.9. The van der Waals surface area contributed by atoms with E-state index in [0.29, 0.717) is 19.5 Å². The van der Waals surface area contributed by atoms with E-state index >= 15 is 0 Å². The Labute approximate surface area is 96.6 Å². The van der Waals surface area contributed by atoms with E-state index in [1.165, 1.54) is 0 Å². The van der Waals surface area contributed by atoms with Crippen molar-refractivity contribution in [2.24, 2.45) is 5.73 Å². The van der Waals surface area contributed by atoms with Crippen LogP contribution in [0.15, 0.2) is 0 Å². The zero-order valence-corrected chi connectivity index (χ0v) is 10.5. The Morgan fingerprint density at radius 1 is 1.56 bits per heavy atom. The van der Waals surface area contributed by atoms with E-state index < -0.39 is 23.2 Å². The molecule has 2 unspecified atom stereocenters. The minimum atomic E-state index is -1.54. The van der Waals surface area contributed by atoms with E-state index in [2.05, 4.69) is 0 Å². The van der Waals surface area contributed by atoms with Gasteiger partial charge in [-0.05, 0) is 27.8 Å². The van der Waals surface area contributed by atoms with Gasteiger partial charge in [-0.15, -0.1) is 0 Å². The molecule has 0 bridgehead atoms. The molecular formula is C11H22N2O3. The van der Waals surface area contributed by atoms with Crippen molar-refractivity contribution in [3.63, 3.8) is 0 Å². The van der Waals surface area contributed by atoms with Crippen molar-refractivity contribution in [3.8, 4) is 0 Å². The van der Waals surface area contributed by atoms with Crippen LogP contribution in [0, 0.1) is 0 Å². The maximum atomic E-state index is 11.9. The number of likely N-dealkylation sites (N-methyl/N-ethyl adjacent to an activating group) is 1. The highest BCUT2D eigenvalue weighted by atomic mass is 16.6. The lowest BCUT2D eigenvalue weighted by Gasteiger charge is -2.40. The summed E-state index contributed by atoms with van der Waals surface area (Å²) >= 11 is 0. The molecule has 94 valence electrons. The molecule has 2 atom stereocenters. The number of nitrogens with two attached hydrogens (primary N) is 1. The van der Waals surface area contributed by atoms with E-state index in [1.54, 1.807) is 20.8 Å². The molecule has 1 saturated heterocycles. The quantitative estimate of drug-likeness (QED) is 0.606. The summed E-state index contributed by atoms with van der Waals surface area (Å²) < 4.78 is 5.20. The number of hydrogen-bond donors (Lipinski definition) is 2. The Kier molecular flexibility index (Phi) is 3.62. The number of carbonyl (C=O) groups is 1. The molecular weight excluding hydrogens is 208 g/mol. The lowest BCUT2D eigenvalue weighted by atomic mass is 9.87. The van der Waals surface area contributed by atoms with Crippen molar-refractivity contribution >= 4 is 5.97 Å². The molecule has 1 aliphatic heterocycles. The van der Waals surface area contributed by atoms with Gasteiger partial charge in [-0.3, -0.25) is 0 Å². The monoisotopic (exact) mass is 230 g/mol. The second kappa shape index (κ2) is 4.31. The van der Waals surface area contributed by atoms with Crippen LogP contribution in [-0.2, 0) is 9.53 Å². The van der Waals surface area contributed by atoms with Crippen LogP contribution in [0.5, 0.6) is 0 Å². The van der Waals surface area contributed by atoms with Crippen LogP contribution in [0.25, 0.3) is 0 Å². The second-order valence-corrected chi connectivity index (χ2v) is 5.54. The molecule has 0 spiro atoms. The minimum absolute atomic E-state index is 0.319. The van der Waals surface area contributed by atoms with Crippen LogP contribution in [0.1, 0.15) is 27.2 Å². The van der Waals surface area contributed by atoms with E-state index in [0.717, 1.165) is 0 Å².